The molecule has 1 aromatic rings. The van der Waals surface area contributed by atoms with Crippen LogP contribution < -0.4 is 4.74 Å². The average Bonchev–Trinajstić information content (AvgIpc) is 2.47. The summed E-state index contributed by atoms with van der Waals surface area (Å²) in [5.41, 5.74) is -1.64. The summed E-state index contributed by atoms with van der Waals surface area (Å²) in [4.78, 5) is 13.5. The minimum absolute atomic E-state index is 0.130. The lowest BCUT2D eigenvalue weighted by Crippen LogP contribution is -2.46. The summed E-state index contributed by atoms with van der Waals surface area (Å²) in [6.07, 6.45) is -4.61. The number of nitrogens with zero attached hydrogens (tertiary/aromatic N) is 1. The predicted molar refractivity (Wildman–Crippen MR) is 82.9 cm³/mol. The van der Waals surface area contributed by atoms with Gasteiger partial charge in [0.2, 0.25) is 0 Å². The lowest BCUT2D eigenvalue weighted by atomic mass is 10.1. The van der Waals surface area contributed by atoms with Crippen LogP contribution in [0.2, 0.25) is 0 Å². The number of hydrogen-bond donors (Lipinski definition) is 0. The zero-order valence-corrected chi connectivity index (χ0v) is 14.3. The van der Waals surface area contributed by atoms with Gasteiger partial charge in [-0.2, -0.15) is 13.2 Å². The van der Waals surface area contributed by atoms with Gasteiger partial charge in [-0.1, -0.05) is 0 Å². The van der Waals surface area contributed by atoms with Gasteiger partial charge in [0.15, 0.2) is 11.6 Å². The summed E-state index contributed by atoms with van der Waals surface area (Å²) in [7, 11) is 0. The Hall–Kier alpha value is -1.99. The Balaban J connectivity index is 2.07. The maximum absolute atomic E-state index is 13.8. The van der Waals surface area contributed by atoms with Crippen molar-refractivity contribution < 1.29 is 31.8 Å². The van der Waals surface area contributed by atoms with Gasteiger partial charge in [0.25, 0.3) is 0 Å². The molecule has 1 aromatic carbocycles. The monoisotopic (exact) mass is 363 g/mol. The van der Waals surface area contributed by atoms with E-state index in [1.807, 2.05) is 0 Å². The number of carbonyl (C=O) groups is 1. The summed E-state index contributed by atoms with van der Waals surface area (Å²) in [6, 6.07) is 2.03. The summed E-state index contributed by atoms with van der Waals surface area (Å²) in [5.74, 6) is -1.34. The first kappa shape index (κ1) is 19.3. The largest absolute Gasteiger partial charge is 0.485 e. The molecular formula is C17H21F4NO3. The molecule has 2 rings (SSSR count). The highest BCUT2D eigenvalue weighted by Crippen LogP contribution is 2.33. The van der Waals surface area contributed by atoms with E-state index in [-0.39, 0.29) is 6.54 Å². The van der Waals surface area contributed by atoms with Crippen LogP contribution in [0.4, 0.5) is 22.4 Å². The first-order valence-electron chi connectivity index (χ1n) is 7.97. The SMILES string of the molecule is CC(C)(C)OC(=O)N1CCC[C@@H](Oc2cc(C(F)(F)F)ccc2F)C1. The quantitative estimate of drug-likeness (QED) is 0.720. The molecule has 140 valence electrons. The molecule has 0 aromatic heterocycles. The van der Waals surface area contributed by atoms with Crippen LogP contribution in [0.3, 0.4) is 0 Å². The summed E-state index contributed by atoms with van der Waals surface area (Å²) >= 11 is 0. The number of amides is 1. The fourth-order valence-electron chi connectivity index (χ4n) is 2.48. The van der Waals surface area contributed by atoms with E-state index in [9.17, 15) is 22.4 Å². The molecule has 25 heavy (non-hydrogen) atoms. The first-order valence-corrected chi connectivity index (χ1v) is 7.97. The fourth-order valence-corrected chi connectivity index (χ4v) is 2.48. The third-order valence-electron chi connectivity index (χ3n) is 3.58. The van der Waals surface area contributed by atoms with E-state index in [2.05, 4.69) is 0 Å². The molecule has 0 radical (unpaired) electrons. The van der Waals surface area contributed by atoms with Crippen LogP contribution >= 0.6 is 0 Å². The molecule has 0 bridgehead atoms. The van der Waals surface area contributed by atoms with Crippen LogP contribution in [-0.4, -0.2) is 35.8 Å². The van der Waals surface area contributed by atoms with Crippen LogP contribution in [-0.2, 0) is 10.9 Å². The molecule has 1 aliphatic heterocycles. The number of ether oxygens (including phenoxy) is 2. The molecule has 0 spiro atoms. The van der Waals surface area contributed by atoms with Crippen molar-refractivity contribution in [3.8, 4) is 5.75 Å². The summed E-state index contributed by atoms with van der Waals surface area (Å²) < 4.78 is 62.7. The number of piperidine rings is 1. The normalized spacial score (nSPS) is 18.8. The molecule has 1 amide bonds. The lowest BCUT2D eigenvalue weighted by molar-refractivity contribution is -0.137. The highest BCUT2D eigenvalue weighted by Gasteiger charge is 2.33. The third-order valence-corrected chi connectivity index (χ3v) is 3.58. The van der Waals surface area contributed by atoms with Crippen molar-refractivity contribution in [3.05, 3.63) is 29.6 Å². The smallest absolute Gasteiger partial charge is 0.416 e. The second-order valence-corrected chi connectivity index (χ2v) is 6.95. The molecule has 1 fully saturated rings. The number of halogens is 4. The van der Waals surface area contributed by atoms with Crippen LogP contribution in [0.15, 0.2) is 18.2 Å². The van der Waals surface area contributed by atoms with Gasteiger partial charge >= 0.3 is 12.3 Å². The molecule has 1 aliphatic rings. The van der Waals surface area contributed by atoms with Gasteiger partial charge in [-0.3, -0.25) is 0 Å². The molecule has 0 unspecified atom stereocenters. The van der Waals surface area contributed by atoms with Crippen molar-refractivity contribution in [2.45, 2.75) is 51.5 Å². The van der Waals surface area contributed by atoms with E-state index in [4.69, 9.17) is 9.47 Å². The average molecular weight is 363 g/mol. The van der Waals surface area contributed by atoms with Gasteiger partial charge in [-0.15, -0.1) is 0 Å². The van der Waals surface area contributed by atoms with E-state index < -0.39 is 41.1 Å². The number of benzene rings is 1. The van der Waals surface area contributed by atoms with E-state index in [1.165, 1.54) is 4.90 Å². The van der Waals surface area contributed by atoms with Crippen molar-refractivity contribution in [2.75, 3.05) is 13.1 Å². The second-order valence-electron chi connectivity index (χ2n) is 6.95. The van der Waals surface area contributed by atoms with Crippen LogP contribution in [0.25, 0.3) is 0 Å². The Labute approximate surface area is 143 Å². The number of alkyl halides is 3. The van der Waals surface area contributed by atoms with Gasteiger partial charge in [-0.05, 0) is 51.8 Å². The van der Waals surface area contributed by atoms with Crippen molar-refractivity contribution in [3.63, 3.8) is 0 Å². The minimum atomic E-state index is -4.58. The maximum Gasteiger partial charge on any atom is 0.416 e. The van der Waals surface area contributed by atoms with Crippen LogP contribution in [0.5, 0.6) is 5.75 Å². The fraction of sp³-hybridized carbons (Fsp3) is 0.588. The standard InChI is InChI=1S/C17H21F4NO3/c1-16(2,3)25-15(23)22-8-4-5-12(10-22)24-14-9-11(17(19,20)21)6-7-13(14)18/h6-7,9,12H,4-5,8,10H2,1-3H3/t12-/m1/s1. The molecule has 1 heterocycles. The van der Waals surface area contributed by atoms with Crippen molar-refractivity contribution in [1.29, 1.82) is 0 Å². The number of hydrogen-bond acceptors (Lipinski definition) is 3. The lowest BCUT2D eigenvalue weighted by Gasteiger charge is -2.34. The minimum Gasteiger partial charge on any atom is -0.485 e. The summed E-state index contributed by atoms with van der Waals surface area (Å²) in [6.45, 7) is 5.80. The third kappa shape index (κ3) is 5.51. The van der Waals surface area contributed by atoms with Crippen molar-refractivity contribution in [2.24, 2.45) is 0 Å². The molecule has 1 saturated heterocycles. The Morgan fingerprint density at radius 1 is 1.24 bits per heavy atom. The van der Waals surface area contributed by atoms with Crippen molar-refractivity contribution >= 4 is 6.09 Å². The Bertz CT molecular complexity index is 625. The van der Waals surface area contributed by atoms with E-state index >= 15 is 0 Å². The van der Waals surface area contributed by atoms with Gasteiger partial charge in [0, 0.05) is 6.54 Å². The predicted octanol–water partition coefficient (Wildman–Crippen LogP) is 4.62. The number of carbonyl (C=O) groups excluding carboxylic acids is 1. The topological polar surface area (TPSA) is 38.8 Å². The van der Waals surface area contributed by atoms with Gasteiger partial charge in [0.1, 0.15) is 11.7 Å². The van der Waals surface area contributed by atoms with Crippen LogP contribution in [0.1, 0.15) is 39.2 Å². The van der Waals surface area contributed by atoms with E-state index in [1.54, 1.807) is 20.8 Å². The van der Waals surface area contributed by atoms with Crippen molar-refractivity contribution in [1.82, 2.24) is 4.90 Å². The van der Waals surface area contributed by atoms with Gasteiger partial charge in [0.05, 0.1) is 12.1 Å². The molecule has 0 aliphatic carbocycles. The highest BCUT2D eigenvalue weighted by molar-refractivity contribution is 5.68. The van der Waals surface area contributed by atoms with Crippen LogP contribution in [0, 0.1) is 5.82 Å². The Morgan fingerprint density at radius 3 is 2.52 bits per heavy atom. The zero-order valence-electron chi connectivity index (χ0n) is 14.3. The highest BCUT2D eigenvalue weighted by atomic mass is 19.4. The Kier molecular flexibility index (Phi) is 5.49. The number of likely N-dealkylation sites (tertiary alicyclic amines) is 1. The molecule has 0 saturated carbocycles. The first-order chi connectivity index (χ1) is 11.5. The maximum atomic E-state index is 13.8. The van der Waals surface area contributed by atoms with Gasteiger partial charge < -0.3 is 14.4 Å². The molecule has 0 N–H and O–H groups in total. The van der Waals surface area contributed by atoms with Gasteiger partial charge in [-0.25, -0.2) is 9.18 Å². The summed E-state index contributed by atoms with van der Waals surface area (Å²) in [5, 5.41) is 0. The zero-order chi connectivity index (χ0) is 18.8. The van der Waals surface area contributed by atoms with E-state index in [0.717, 1.165) is 6.07 Å². The number of rotatable bonds is 2. The molecule has 1 atom stereocenters. The molecule has 4 nitrogen and oxygen atoms in total. The molecular weight excluding hydrogens is 342 g/mol. The second kappa shape index (κ2) is 7.09. The van der Waals surface area contributed by atoms with E-state index in [0.29, 0.717) is 31.5 Å². The Morgan fingerprint density at radius 2 is 1.92 bits per heavy atom. The molecule has 8 heteroatoms.